The summed E-state index contributed by atoms with van der Waals surface area (Å²) in [6.45, 7) is 7.69. The van der Waals surface area contributed by atoms with E-state index in [9.17, 15) is 8.78 Å². The first-order chi connectivity index (χ1) is 18.0. The second-order valence-corrected chi connectivity index (χ2v) is 11.1. The zero-order valence-electron chi connectivity index (χ0n) is 20.6. The summed E-state index contributed by atoms with van der Waals surface area (Å²) in [6, 6.07) is 6.27. The molecule has 4 aliphatic heterocycles. The molecule has 37 heavy (non-hydrogen) atoms. The summed E-state index contributed by atoms with van der Waals surface area (Å²) in [7, 11) is 0. The maximum atomic E-state index is 14.6. The molecule has 192 valence electrons. The molecule has 0 aliphatic carbocycles. The van der Waals surface area contributed by atoms with Gasteiger partial charge in [0.15, 0.2) is 5.65 Å². The maximum absolute atomic E-state index is 14.6. The van der Waals surface area contributed by atoms with E-state index in [1.54, 1.807) is 22.5 Å². The lowest BCUT2D eigenvalue weighted by Gasteiger charge is -2.42. The molecule has 0 spiro atoms. The Bertz CT molecular complexity index is 1430. The van der Waals surface area contributed by atoms with Crippen LogP contribution >= 0.6 is 11.8 Å². The number of nitrogens with zero attached hydrogens (tertiary/aromatic N) is 7. The van der Waals surface area contributed by atoms with Gasteiger partial charge in [0.1, 0.15) is 35.6 Å². The van der Waals surface area contributed by atoms with E-state index in [0.29, 0.717) is 17.6 Å². The molecule has 1 aromatic carbocycles. The van der Waals surface area contributed by atoms with E-state index in [1.807, 2.05) is 12.3 Å². The molecule has 8 nitrogen and oxygen atoms in total. The van der Waals surface area contributed by atoms with E-state index in [0.717, 1.165) is 85.5 Å². The monoisotopic (exact) mass is 524 g/mol. The SMILES string of the molecule is C[C@H]1CN(C2COC2)CCN1C1=[N+]=C(c2cnn3ccc(N4CCC[C@@H]4c4cc(F)ccc4F)nc23)S1. The highest BCUT2D eigenvalue weighted by molar-refractivity contribution is 8.28. The minimum Gasteiger partial charge on any atom is -0.378 e. The number of rotatable bonds is 4. The molecule has 0 saturated carbocycles. The lowest BCUT2D eigenvalue weighted by atomic mass is 10.0. The topological polar surface area (TPSA) is 63.2 Å². The molecule has 11 heteroatoms. The largest absolute Gasteiger partial charge is 0.417 e. The number of thioether (sulfide) groups is 1. The third-order valence-electron chi connectivity index (χ3n) is 7.88. The van der Waals surface area contributed by atoms with Crippen molar-refractivity contribution in [1.29, 1.82) is 0 Å². The molecule has 3 fully saturated rings. The van der Waals surface area contributed by atoms with Crippen molar-refractivity contribution in [3.8, 4) is 0 Å². The zero-order chi connectivity index (χ0) is 25.1. The van der Waals surface area contributed by atoms with Crippen LogP contribution in [0.15, 0.2) is 36.7 Å². The molecule has 0 bridgehead atoms. The van der Waals surface area contributed by atoms with E-state index in [-0.39, 0.29) is 11.9 Å². The van der Waals surface area contributed by atoms with Gasteiger partial charge in [0.25, 0.3) is 5.04 Å². The van der Waals surface area contributed by atoms with Crippen LogP contribution in [0.3, 0.4) is 0 Å². The third-order valence-corrected chi connectivity index (χ3v) is 8.89. The second-order valence-electron chi connectivity index (χ2n) is 10.2. The van der Waals surface area contributed by atoms with Crippen LogP contribution in [-0.2, 0) is 4.74 Å². The van der Waals surface area contributed by atoms with Crippen molar-refractivity contribution in [2.75, 3.05) is 44.3 Å². The van der Waals surface area contributed by atoms with E-state index < -0.39 is 5.82 Å². The number of aromatic nitrogens is 3. The Morgan fingerprint density at radius 3 is 2.76 bits per heavy atom. The minimum atomic E-state index is -0.426. The first-order valence-corrected chi connectivity index (χ1v) is 13.6. The van der Waals surface area contributed by atoms with Crippen molar-refractivity contribution in [1.82, 2.24) is 29.1 Å². The standard InChI is InChI=1S/C26H28F2N7OS/c1-16-13-32(18-14-36-15-18)9-10-33(16)26-31-25(37-26)20-12-29-35-8-6-23(30-24(20)35)34-7-2-3-22(34)19-11-17(27)4-5-21(19)28/h4-6,8,11-12,16,18,22H,2-3,7,9-10,13-15H2,1H3/q+1/t16-,22+/m0/s1. The normalized spacial score (nSPS) is 24.7. The number of ether oxygens (including phenoxy) is 1. The summed E-state index contributed by atoms with van der Waals surface area (Å²) in [5.74, 6) is -0.0763. The average Bonchev–Trinajstić information content (AvgIpc) is 3.47. The van der Waals surface area contributed by atoms with E-state index >= 15 is 0 Å². The van der Waals surface area contributed by atoms with E-state index in [2.05, 4.69) is 26.7 Å². The summed E-state index contributed by atoms with van der Waals surface area (Å²) in [5, 5.41) is 6.43. The Kier molecular flexibility index (Phi) is 5.69. The molecule has 2 atom stereocenters. The van der Waals surface area contributed by atoms with Gasteiger partial charge in [0, 0.05) is 31.4 Å². The Morgan fingerprint density at radius 2 is 1.97 bits per heavy atom. The molecular formula is C26H28F2N7OS+. The molecule has 4 aliphatic rings. The maximum Gasteiger partial charge on any atom is 0.417 e. The molecule has 3 aromatic rings. The molecule has 3 saturated heterocycles. The van der Waals surface area contributed by atoms with Gasteiger partial charge >= 0.3 is 5.17 Å². The van der Waals surface area contributed by atoms with Crippen molar-refractivity contribution < 1.29 is 13.5 Å². The van der Waals surface area contributed by atoms with Gasteiger partial charge in [-0.3, -0.25) is 4.90 Å². The fourth-order valence-electron chi connectivity index (χ4n) is 5.76. The predicted molar refractivity (Wildman–Crippen MR) is 140 cm³/mol. The van der Waals surface area contributed by atoms with Gasteiger partial charge in [0.05, 0.1) is 43.3 Å². The quantitative estimate of drug-likeness (QED) is 0.487. The van der Waals surface area contributed by atoms with Gasteiger partial charge in [-0.25, -0.2) is 23.2 Å². The number of piperazine rings is 1. The zero-order valence-corrected chi connectivity index (χ0v) is 21.4. The fourth-order valence-corrected chi connectivity index (χ4v) is 6.71. The smallest absolute Gasteiger partial charge is 0.378 e. The number of halogens is 2. The molecule has 2 aromatic heterocycles. The lowest BCUT2D eigenvalue weighted by Crippen LogP contribution is -2.61. The summed E-state index contributed by atoms with van der Waals surface area (Å²) in [6.07, 6.45) is 5.32. The van der Waals surface area contributed by atoms with E-state index in [1.165, 1.54) is 12.1 Å². The first kappa shape index (κ1) is 23.2. The molecule has 0 N–H and O–H groups in total. The molecular weight excluding hydrogens is 496 g/mol. The van der Waals surface area contributed by atoms with E-state index in [4.69, 9.17) is 14.4 Å². The van der Waals surface area contributed by atoms with Crippen LogP contribution < -0.4 is 9.57 Å². The van der Waals surface area contributed by atoms with Crippen molar-refractivity contribution in [3.05, 3.63) is 59.4 Å². The van der Waals surface area contributed by atoms with Crippen LogP contribution in [0.1, 0.15) is 36.9 Å². The first-order valence-electron chi connectivity index (χ1n) is 12.8. The average molecular weight is 525 g/mol. The van der Waals surface area contributed by atoms with Crippen LogP contribution in [0, 0.1) is 11.6 Å². The van der Waals surface area contributed by atoms with Crippen molar-refractivity contribution >= 4 is 33.4 Å². The van der Waals surface area contributed by atoms with Crippen LogP contribution in [0.4, 0.5) is 14.6 Å². The van der Waals surface area contributed by atoms with Crippen molar-refractivity contribution in [2.24, 2.45) is 0 Å². The molecule has 0 unspecified atom stereocenters. The van der Waals surface area contributed by atoms with Gasteiger partial charge in [-0.2, -0.15) is 9.77 Å². The predicted octanol–water partition coefficient (Wildman–Crippen LogP) is 2.67. The summed E-state index contributed by atoms with van der Waals surface area (Å²) in [5.41, 5.74) is 1.99. The van der Waals surface area contributed by atoms with Crippen LogP contribution in [0.2, 0.25) is 0 Å². The molecule has 7 rings (SSSR count). The Hall–Kier alpha value is -2.98. The highest BCUT2D eigenvalue weighted by Crippen LogP contribution is 2.37. The second kappa shape index (κ2) is 9.09. The highest BCUT2D eigenvalue weighted by Gasteiger charge is 2.43. The van der Waals surface area contributed by atoms with Gasteiger partial charge < -0.3 is 9.64 Å². The summed E-state index contributed by atoms with van der Waals surface area (Å²) >= 11 is 1.68. The number of hydrogen-bond acceptors (Lipinski definition) is 7. The Balaban J connectivity index is 1.15. The van der Waals surface area contributed by atoms with Gasteiger partial charge in [-0.05, 0) is 44.0 Å². The third kappa shape index (κ3) is 4.01. The number of fused-ring (bicyclic) bond motifs is 1. The highest BCUT2D eigenvalue weighted by atomic mass is 32.2. The minimum absolute atomic E-state index is 0.251. The number of anilines is 1. The van der Waals surface area contributed by atoms with Crippen LogP contribution in [0.5, 0.6) is 0 Å². The Morgan fingerprint density at radius 1 is 1.11 bits per heavy atom. The Labute approximate surface area is 217 Å². The number of amidine groups is 1. The van der Waals surface area contributed by atoms with Crippen LogP contribution in [-0.4, -0.2) is 86.1 Å². The van der Waals surface area contributed by atoms with Crippen molar-refractivity contribution in [3.63, 3.8) is 0 Å². The summed E-state index contributed by atoms with van der Waals surface area (Å²) < 4.78 is 40.5. The van der Waals surface area contributed by atoms with Gasteiger partial charge in [-0.15, -0.1) is 0 Å². The van der Waals surface area contributed by atoms with Crippen molar-refractivity contribution in [2.45, 2.75) is 37.9 Å². The van der Waals surface area contributed by atoms with Gasteiger partial charge in [-0.1, -0.05) is 0 Å². The molecule has 0 amide bonds. The molecule has 6 heterocycles. The number of benzene rings is 1. The summed E-state index contributed by atoms with van der Waals surface area (Å²) in [4.78, 5) is 11.9. The number of hydrogen-bond donors (Lipinski definition) is 0. The van der Waals surface area contributed by atoms with Gasteiger partial charge in [0.2, 0.25) is 0 Å². The fraction of sp³-hybridized carbons (Fsp3) is 0.462. The molecule has 0 radical (unpaired) electrons. The lowest BCUT2D eigenvalue weighted by molar-refractivity contribution is -0.0785. The van der Waals surface area contributed by atoms with Crippen LogP contribution in [0.25, 0.3) is 5.65 Å².